The number of alkyl halides is 3. The first-order valence-corrected chi connectivity index (χ1v) is 11.2. The Morgan fingerprint density at radius 3 is 2.76 bits per heavy atom. The van der Waals surface area contributed by atoms with Gasteiger partial charge in [-0.05, 0) is 52.7 Å². The number of aryl methyl sites for hydroxylation is 1. The second-order valence-electron chi connectivity index (χ2n) is 7.59. The van der Waals surface area contributed by atoms with E-state index in [1.165, 1.54) is 6.07 Å². The number of fused-ring (bicyclic) bond motifs is 1. The Bertz CT molecular complexity index is 1320. The molecule has 2 heterocycles. The number of imidazole rings is 1. The molecule has 0 radical (unpaired) electrons. The van der Waals surface area contributed by atoms with E-state index in [1.807, 2.05) is 0 Å². The Kier molecular flexibility index (Phi) is 6.91. The molecule has 3 aromatic rings. The molecule has 0 atom stereocenters. The molecule has 2 amide bonds. The number of rotatable bonds is 5. The smallest absolute Gasteiger partial charge is 0.396 e. The molecule has 0 bridgehead atoms. The number of halogens is 4. The van der Waals surface area contributed by atoms with Crippen LogP contribution in [-0.4, -0.2) is 52.8 Å². The molecular weight excluding hydrogens is 521 g/mol. The Hall–Kier alpha value is -2.96. The highest BCUT2D eigenvalue weighted by molar-refractivity contribution is 9.10. The van der Waals surface area contributed by atoms with E-state index in [0.717, 1.165) is 18.2 Å². The average molecular weight is 541 g/mol. The number of hydrogen-bond donors (Lipinski definition) is 2. The van der Waals surface area contributed by atoms with Crippen LogP contribution >= 0.6 is 15.9 Å². The fourth-order valence-electron chi connectivity index (χ4n) is 3.69. The summed E-state index contributed by atoms with van der Waals surface area (Å²) >= 11 is 3.49. The lowest BCUT2D eigenvalue weighted by molar-refractivity contribution is -0.137. The lowest BCUT2D eigenvalue weighted by Gasteiger charge is -2.27. The van der Waals surface area contributed by atoms with E-state index in [1.54, 1.807) is 21.6 Å². The summed E-state index contributed by atoms with van der Waals surface area (Å²) in [5.41, 5.74) is 0.770. The first-order valence-electron chi connectivity index (χ1n) is 10.4. The number of benzene rings is 2. The number of ether oxygens (including phenoxy) is 1. The second-order valence-corrected chi connectivity index (χ2v) is 8.45. The molecule has 0 aliphatic carbocycles. The summed E-state index contributed by atoms with van der Waals surface area (Å²) in [5, 5.41) is 9.30. The number of hydrogen-bond acceptors (Lipinski definition) is 4. The average Bonchev–Trinajstić information content (AvgIpc) is 3.12. The van der Waals surface area contributed by atoms with Crippen LogP contribution in [0.4, 0.5) is 18.9 Å². The number of nitrogens with one attached hydrogen (secondary N) is 1. The normalized spacial score (nSPS) is 15.4. The Labute approximate surface area is 199 Å². The van der Waals surface area contributed by atoms with Crippen molar-refractivity contribution < 1.29 is 32.6 Å². The highest BCUT2D eigenvalue weighted by Crippen LogP contribution is 2.32. The highest BCUT2D eigenvalue weighted by Gasteiger charge is 2.31. The van der Waals surface area contributed by atoms with Gasteiger partial charge in [0.15, 0.2) is 0 Å². The van der Waals surface area contributed by atoms with Crippen LogP contribution in [0.5, 0.6) is 0 Å². The number of aliphatic hydroxyl groups excluding tert-OH is 1. The second kappa shape index (κ2) is 9.72. The number of morpholine rings is 1. The molecular formula is C22H20BrF3N4O4. The predicted molar refractivity (Wildman–Crippen MR) is 120 cm³/mol. The molecule has 34 heavy (non-hydrogen) atoms. The van der Waals surface area contributed by atoms with Crippen LogP contribution in [0.2, 0.25) is 0 Å². The van der Waals surface area contributed by atoms with Crippen molar-refractivity contribution in [2.45, 2.75) is 19.1 Å². The van der Waals surface area contributed by atoms with E-state index in [9.17, 15) is 27.9 Å². The Morgan fingerprint density at radius 1 is 1.26 bits per heavy atom. The summed E-state index contributed by atoms with van der Waals surface area (Å²) in [4.78, 5) is 33.7. The molecule has 1 saturated heterocycles. The van der Waals surface area contributed by atoms with Gasteiger partial charge in [-0.15, -0.1) is 0 Å². The zero-order chi connectivity index (χ0) is 24.5. The number of amides is 2. The molecule has 4 rings (SSSR count). The van der Waals surface area contributed by atoms with Gasteiger partial charge in [0, 0.05) is 29.7 Å². The van der Waals surface area contributed by atoms with Gasteiger partial charge in [0.25, 0.3) is 11.8 Å². The minimum absolute atomic E-state index is 0.0300. The maximum atomic E-state index is 13.0. The number of carbonyl (C=O) groups is 2. The molecule has 12 heteroatoms. The van der Waals surface area contributed by atoms with Gasteiger partial charge >= 0.3 is 6.18 Å². The van der Waals surface area contributed by atoms with Crippen molar-refractivity contribution in [3.05, 3.63) is 57.6 Å². The minimum Gasteiger partial charge on any atom is -0.396 e. The van der Waals surface area contributed by atoms with Gasteiger partial charge < -0.3 is 24.3 Å². The van der Waals surface area contributed by atoms with Crippen LogP contribution < -0.4 is 10.5 Å². The van der Waals surface area contributed by atoms with E-state index >= 15 is 0 Å². The summed E-state index contributed by atoms with van der Waals surface area (Å²) in [7, 11) is 0. The van der Waals surface area contributed by atoms with Gasteiger partial charge in [-0.2, -0.15) is 18.2 Å². The van der Waals surface area contributed by atoms with Gasteiger partial charge in [-0.25, -0.2) is 0 Å². The number of carbonyl (C=O) groups excluding carboxylic acids is 2. The quantitative estimate of drug-likeness (QED) is 0.518. The highest BCUT2D eigenvalue weighted by atomic mass is 79.9. The van der Waals surface area contributed by atoms with Crippen LogP contribution in [0.3, 0.4) is 0 Å². The topological polar surface area (TPSA) is 99.9 Å². The first-order chi connectivity index (χ1) is 16.2. The molecule has 180 valence electrons. The predicted octanol–water partition coefficient (Wildman–Crippen LogP) is 3.24. The van der Waals surface area contributed by atoms with Crippen LogP contribution in [0.15, 0.2) is 45.9 Å². The number of H-pyrrole nitrogens is 1. The van der Waals surface area contributed by atoms with E-state index in [0.29, 0.717) is 47.3 Å². The third-order valence-corrected chi connectivity index (χ3v) is 5.95. The van der Waals surface area contributed by atoms with Crippen molar-refractivity contribution >= 4 is 44.5 Å². The maximum Gasteiger partial charge on any atom is 0.416 e. The third-order valence-electron chi connectivity index (χ3n) is 5.32. The van der Waals surface area contributed by atoms with Crippen molar-refractivity contribution in [2.24, 2.45) is 4.99 Å². The lowest BCUT2D eigenvalue weighted by Crippen LogP contribution is -2.41. The van der Waals surface area contributed by atoms with Gasteiger partial charge in [-0.1, -0.05) is 6.07 Å². The van der Waals surface area contributed by atoms with Crippen LogP contribution in [-0.2, 0) is 22.3 Å². The number of aromatic nitrogens is 2. The first kappa shape index (κ1) is 24.2. The summed E-state index contributed by atoms with van der Waals surface area (Å²) in [6.45, 7) is 0.927. The van der Waals surface area contributed by atoms with E-state index in [4.69, 9.17) is 4.74 Å². The molecule has 1 aliphatic heterocycles. The summed E-state index contributed by atoms with van der Waals surface area (Å²) in [6, 6.07) is 7.54. The zero-order valence-electron chi connectivity index (χ0n) is 17.7. The SMILES string of the molecule is O=C(/N=c1\[nH]c2cc(N3CCOCC3=O)c(Br)cc2n1CCCO)c1cccc(C(F)(F)F)c1. The number of anilines is 1. The van der Waals surface area contributed by atoms with Crippen molar-refractivity contribution in [3.8, 4) is 0 Å². The summed E-state index contributed by atoms with van der Waals surface area (Å²) < 4.78 is 46.6. The monoisotopic (exact) mass is 540 g/mol. The molecule has 1 fully saturated rings. The molecule has 0 saturated carbocycles. The van der Waals surface area contributed by atoms with E-state index in [2.05, 4.69) is 25.9 Å². The van der Waals surface area contributed by atoms with Crippen molar-refractivity contribution in [2.75, 3.05) is 31.3 Å². The van der Waals surface area contributed by atoms with Crippen molar-refractivity contribution in [3.63, 3.8) is 0 Å². The largest absolute Gasteiger partial charge is 0.416 e. The molecule has 0 spiro atoms. The molecule has 1 aromatic heterocycles. The molecule has 8 nitrogen and oxygen atoms in total. The van der Waals surface area contributed by atoms with Gasteiger partial charge in [0.05, 0.1) is 28.9 Å². The summed E-state index contributed by atoms with van der Waals surface area (Å²) in [5.74, 6) is -1.05. The summed E-state index contributed by atoms with van der Waals surface area (Å²) in [6.07, 6.45) is -4.22. The Morgan fingerprint density at radius 2 is 2.06 bits per heavy atom. The fraction of sp³-hybridized carbons (Fsp3) is 0.318. The fourth-order valence-corrected chi connectivity index (χ4v) is 4.23. The standard InChI is InChI=1S/C22H20BrF3N4O4/c23-15-10-18-16(11-17(15)29-6-8-34-12-19(29)32)27-21(30(18)5-2-7-31)28-20(33)13-3-1-4-14(9-13)22(24,25)26/h1,3-4,9-11,31H,2,5-8,12H2,(H,27,28,33). The Balaban J connectivity index is 1.80. The number of aliphatic hydroxyl groups is 1. The molecule has 2 aromatic carbocycles. The zero-order valence-corrected chi connectivity index (χ0v) is 19.3. The van der Waals surface area contributed by atoms with Gasteiger partial charge in [-0.3, -0.25) is 9.59 Å². The van der Waals surface area contributed by atoms with Gasteiger partial charge in [0.1, 0.15) is 6.61 Å². The van der Waals surface area contributed by atoms with E-state index < -0.39 is 17.6 Å². The van der Waals surface area contributed by atoms with Crippen molar-refractivity contribution in [1.29, 1.82) is 0 Å². The number of nitrogens with zero attached hydrogens (tertiary/aromatic N) is 3. The van der Waals surface area contributed by atoms with Crippen LogP contribution in [0.25, 0.3) is 11.0 Å². The lowest BCUT2D eigenvalue weighted by atomic mass is 10.1. The van der Waals surface area contributed by atoms with Gasteiger partial charge in [0.2, 0.25) is 5.62 Å². The molecule has 0 unspecified atom stereocenters. The molecule has 2 N–H and O–H groups in total. The number of aromatic amines is 1. The third kappa shape index (κ3) is 4.93. The molecule has 1 aliphatic rings. The van der Waals surface area contributed by atoms with Crippen LogP contribution in [0.1, 0.15) is 22.3 Å². The van der Waals surface area contributed by atoms with Crippen LogP contribution in [0, 0.1) is 0 Å². The van der Waals surface area contributed by atoms with Crippen molar-refractivity contribution in [1.82, 2.24) is 9.55 Å². The van der Waals surface area contributed by atoms with E-state index in [-0.39, 0.29) is 30.3 Å². The maximum absolute atomic E-state index is 13.0. The minimum atomic E-state index is -4.59.